The molecule has 20 heavy (non-hydrogen) atoms. The van der Waals surface area contributed by atoms with Gasteiger partial charge in [0, 0.05) is 24.2 Å². The van der Waals surface area contributed by atoms with Crippen molar-refractivity contribution < 1.29 is 18.3 Å². The molecule has 9 heteroatoms. The molecule has 0 radical (unpaired) electrons. The minimum absolute atomic E-state index is 0.102. The molecule has 0 aliphatic carbocycles. The number of pyridine rings is 1. The van der Waals surface area contributed by atoms with E-state index in [1.807, 2.05) is 0 Å². The Balaban J connectivity index is 2.37. The summed E-state index contributed by atoms with van der Waals surface area (Å²) in [6, 6.07) is 3.28. The second-order valence-corrected chi connectivity index (χ2v) is 7.08. The molecule has 0 amide bonds. The van der Waals surface area contributed by atoms with Gasteiger partial charge in [0.1, 0.15) is 22.7 Å². The van der Waals surface area contributed by atoms with Gasteiger partial charge in [0.25, 0.3) is 0 Å². The summed E-state index contributed by atoms with van der Waals surface area (Å²) in [6.45, 7) is 0.143. The van der Waals surface area contributed by atoms with Gasteiger partial charge < -0.3 is 5.11 Å². The van der Waals surface area contributed by atoms with E-state index in [0.29, 0.717) is 5.75 Å². The van der Waals surface area contributed by atoms with Crippen molar-refractivity contribution >= 4 is 27.8 Å². The van der Waals surface area contributed by atoms with Gasteiger partial charge in [0.05, 0.1) is 0 Å². The number of thioether (sulfide) groups is 1. The van der Waals surface area contributed by atoms with Crippen LogP contribution in [0.1, 0.15) is 5.69 Å². The van der Waals surface area contributed by atoms with Crippen molar-refractivity contribution in [3.8, 4) is 6.07 Å². The molecule has 7 nitrogen and oxygen atoms in total. The number of rotatable bonds is 3. The monoisotopic (exact) mass is 313 g/mol. The third kappa shape index (κ3) is 2.77. The zero-order valence-corrected chi connectivity index (χ0v) is 11.9. The number of aliphatic carboxylic acids is 1. The fourth-order valence-corrected chi connectivity index (χ4v) is 4.58. The van der Waals surface area contributed by atoms with Crippen LogP contribution in [0.25, 0.3) is 0 Å². The van der Waals surface area contributed by atoms with Gasteiger partial charge in [-0.3, -0.25) is 4.79 Å². The summed E-state index contributed by atoms with van der Waals surface area (Å²) in [5.41, 5.74) is 0.105. The third-order valence-electron chi connectivity index (χ3n) is 2.82. The molecule has 0 spiro atoms. The number of carboxylic acid groups (broad SMARTS) is 1. The quantitative estimate of drug-likeness (QED) is 0.845. The molecule has 1 aliphatic rings. The average molecular weight is 313 g/mol. The number of hydrogen-bond donors (Lipinski definition) is 1. The highest BCUT2D eigenvalue weighted by atomic mass is 32.2. The van der Waals surface area contributed by atoms with E-state index in [2.05, 4.69) is 4.98 Å². The van der Waals surface area contributed by atoms with Crippen LogP contribution in [-0.4, -0.2) is 52.9 Å². The fourth-order valence-electron chi connectivity index (χ4n) is 1.81. The van der Waals surface area contributed by atoms with Gasteiger partial charge >= 0.3 is 5.97 Å². The van der Waals surface area contributed by atoms with Gasteiger partial charge in [-0.25, -0.2) is 13.4 Å². The second-order valence-electron chi connectivity index (χ2n) is 4.04. The lowest BCUT2D eigenvalue weighted by Gasteiger charge is -2.31. The summed E-state index contributed by atoms with van der Waals surface area (Å²) in [5.74, 6) is -0.396. The van der Waals surface area contributed by atoms with Crippen molar-refractivity contribution in [1.82, 2.24) is 9.29 Å². The third-order valence-corrected chi connectivity index (χ3v) is 5.74. The van der Waals surface area contributed by atoms with Crippen molar-refractivity contribution in [1.29, 1.82) is 5.26 Å². The number of carboxylic acids is 1. The lowest BCUT2D eigenvalue weighted by molar-refractivity contribution is -0.140. The molecule has 1 unspecified atom stereocenters. The van der Waals surface area contributed by atoms with Crippen molar-refractivity contribution in [2.75, 3.05) is 18.1 Å². The van der Waals surface area contributed by atoms with Gasteiger partial charge in [0.2, 0.25) is 10.0 Å². The lowest BCUT2D eigenvalue weighted by atomic mass is 10.3. The van der Waals surface area contributed by atoms with Gasteiger partial charge in [-0.15, -0.1) is 0 Å². The first-order valence-electron chi connectivity index (χ1n) is 5.65. The Morgan fingerprint density at radius 3 is 2.85 bits per heavy atom. The molecule has 1 fully saturated rings. The second kappa shape index (κ2) is 5.78. The molecule has 2 rings (SSSR count). The molecule has 1 aliphatic heterocycles. The molecule has 1 aromatic heterocycles. The summed E-state index contributed by atoms with van der Waals surface area (Å²) in [4.78, 5) is 14.8. The predicted octanol–water partition coefficient (Wildman–Crippen LogP) is 0.144. The highest BCUT2D eigenvalue weighted by molar-refractivity contribution is 7.99. The largest absolute Gasteiger partial charge is 0.480 e. The SMILES string of the molecule is N#Cc1ccc(S(=O)(=O)N2CCSCC2C(=O)O)cn1. The van der Waals surface area contributed by atoms with Crippen molar-refractivity contribution in [2.45, 2.75) is 10.9 Å². The Morgan fingerprint density at radius 2 is 2.30 bits per heavy atom. The van der Waals surface area contributed by atoms with Crippen LogP contribution in [0.3, 0.4) is 0 Å². The first-order chi connectivity index (χ1) is 9.46. The van der Waals surface area contributed by atoms with E-state index in [1.165, 1.54) is 23.9 Å². The topological polar surface area (TPSA) is 111 Å². The van der Waals surface area contributed by atoms with E-state index < -0.39 is 22.0 Å². The predicted molar refractivity (Wildman–Crippen MR) is 71.6 cm³/mol. The molecule has 0 aromatic carbocycles. The summed E-state index contributed by atoms with van der Waals surface area (Å²) in [7, 11) is -3.91. The highest BCUT2D eigenvalue weighted by Gasteiger charge is 2.38. The Bertz CT molecular complexity index is 651. The van der Waals surface area contributed by atoms with Crippen molar-refractivity contribution in [3.63, 3.8) is 0 Å². The maximum atomic E-state index is 12.4. The average Bonchev–Trinajstić information content (AvgIpc) is 2.47. The summed E-state index contributed by atoms with van der Waals surface area (Å²) in [5, 5.41) is 17.8. The van der Waals surface area contributed by atoms with Crippen LogP contribution >= 0.6 is 11.8 Å². The molecule has 1 atom stereocenters. The molecular formula is C11H11N3O4S2. The first-order valence-corrected chi connectivity index (χ1v) is 8.25. The van der Waals surface area contributed by atoms with Crippen LogP contribution in [0, 0.1) is 11.3 Å². The maximum Gasteiger partial charge on any atom is 0.322 e. The summed E-state index contributed by atoms with van der Waals surface area (Å²) < 4.78 is 25.8. The number of aromatic nitrogens is 1. The molecular weight excluding hydrogens is 302 g/mol. The van der Waals surface area contributed by atoms with Gasteiger partial charge in [0.15, 0.2) is 0 Å². The van der Waals surface area contributed by atoms with Crippen LogP contribution in [0.4, 0.5) is 0 Å². The fraction of sp³-hybridized carbons (Fsp3) is 0.364. The van der Waals surface area contributed by atoms with Gasteiger partial charge in [-0.05, 0) is 12.1 Å². The molecule has 2 heterocycles. The molecule has 0 saturated carbocycles. The summed E-state index contributed by atoms with van der Waals surface area (Å²) >= 11 is 1.41. The van der Waals surface area contributed by atoms with Gasteiger partial charge in [-0.2, -0.15) is 21.3 Å². The van der Waals surface area contributed by atoms with E-state index >= 15 is 0 Å². The first kappa shape index (κ1) is 14.8. The van der Waals surface area contributed by atoms with Crippen LogP contribution in [0.15, 0.2) is 23.2 Å². The van der Waals surface area contributed by atoms with Crippen LogP contribution in [-0.2, 0) is 14.8 Å². The van der Waals surface area contributed by atoms with Crippen LogP contribution in [0.5, 0.6) is 0 Å². The number of nitriles is 1. The Morgan fingerprint density at radius 1 is 1.55 bits per heavy atom. The standard InChI is InChI=1S/C11H11N3O4S2/c12-5-8-1-2-9(6-13-8)20(17,18)14-3-4-19-7-10(14)11(15)16/h1-2,6,10H,3-4,7H2,(H,15,16). The Hall–Kier alpha value is -1.63. The lowest BCUT2D eigenvalue weighted by Crippen LogP contribution is -2.50. The normalized spacial score (nSPS) is 20.2. The number of nitrogens with zero attached hydrogens (tertiary/aromatic N) is 3. The molecule has 1 N–H and O–H groups in total. The number of hydrogen-bond acceptors (Lipinski definition) is 6. The van der Waals surface area contributed by atoms with E-state index in [0.717, 1.165) is 10.5 Å². The minimum atomic E-state index is -3.91. The van der Waals surface area contributed by atoms with Crippen LogP contribution in [0.2, 0.25) is 0 Å². The Labute approximate surface area is 120 Å². The number of sulfonamides is 1. The molecule has 0 bridgehead atoms. The van der Waals surface area contributed by atoms with Crippen LogP contribution < -0.4 is 0 Å². The Kier molecular flexibility index (Phi) is 4.27. The summed E-state index contributed by atoms with van der Waals surface area (Å²) in [6.07, 6.45) is 1.08. The number of carbonyl (C=O) groups is 1. The van der Waals surface area contributed by atoms with Crippen molar-refractivity contribution in [2.24, 2.45) is 0 Å². The van der Waals surface area contributed by atoms with E-state index in [-0.39, 0.29) is 22.9 Å². The van der Waals surface area contributed by atoms with E-state index in [9.17, 15) is 13.2 Å². The maximum absolute atomic E-state index is 12.4. The van der Waals surface area contributed by atoms with E-state index in [1.54, 1.807) is 6.07 Å². The minimum Gasteiger partial charge on any atom is -0.480 e. The molecule has 106 valence electrons. The zero-order chi connectivity index (χ0) is 14.8. The van der Waals surface area contributed by atoms with E-state index in [4.69, 9.17) is 10.4 Å². The molecule has 1 saturated heterocycles. The van der Waals surface area contributed by atoms with Crippen molar-refractivity contribution in [3.05, 3.63) is 24.0 Å². The highest BCUT2D eigenvalue weighted by Crippen LogP contribution is 2.24. The molecule has 1 aromatic rings. The smallest absolute Gasteiger partial charge is 0.322 e. The van der Waals surface area contributed by atoms with Gasteiger partial charge in [-0.1, -0.05) is 0 Å². The zero-order valence-electron chi connectivity index (χ0n) is 10.3.